The van der Waals surface area contributed by atoms with Gasteiger partial charge in [-0.2, -0.15) is 0 Å². The van der Waals surface area contributed by atoms with Crippen molar-refractivity contribution < 1.29 is 19.1 Å². The molecule has 0 saturated carbocycles. The minimum atomic E-state index is -0.225. The number of aryl methyl sites for hydroxylation is 2. The summed E-state index contributed by atoms with van der Waals surface area (Å²) in [7, 11) is 1.69. The van der Waals surface area contributed by atoms with Crippen LogP contribution in [-0.4, -0.2) is 63.2 Å². The van der Waals surface area contributed by atoms with Crippen molar-refractivity contribution in [3.8, 4) is 5.75 Å². The fourth-order valence-electron chi connectivity index (χ4n) is 5.38. The molecule has 8 heteroatoms. The SMILES string of the molecule is COCCOc1cc(C)c(C2CCN(CCCCNC(=O)c3ccc(NC(=O)c4ccc(Cl)cc4)cc3)CC2)cc1C. The Morgan fingerprint density at radius 3 is 2.24 bits per heavy atom. The Bertz CT molecular complexity index is 1320. The van der Waals surface area contributed by atoms with Crippen LogP contribution >= 0.6 is 11.6 Å². The van der Waals surface area contributed by atoms with Crippen LogP contribution in [0.4, 0.5) is 5.69 Å². The third kappa shape index (κ3) is 9.05. The topological polar surface area (TPSA) is 79.9 Å². The van der Waals surface area contributed by atoms with Crippen LogP contribution in [0.5, 0.6) is 5.75 Å². The van der Waals surface area contributed by atoms with Crippen LogP contribution in [0.25, 0.3) is 0 Å². The molecule has 3 aromatic rings. The van der Waals surface area contributed by atoms with E-state index in [0.717, 1.165) is 51.1 Å². The Balaban J connectivity index is 1.13. The van der Waals surface area contributed by atoms with Crippen LogP contribution < -0.4 is 15.4 Å². The lowest BCUT2D eigenvalue weighted by molar-refractivity contribution is 0.0951. The first-order valence-electron chi connectivity index (χ1n) is 14.7. The molecule has 1 aliphatic heterocycles. The molecule has 1 aliphatic rings. The van der Waals surface area contributed by atoms with Gasteiger partial charge in [0.15, 0.2) is 0 Å². The van der Waals surface area contributed by atoms with Gasteiger partial charge in [0.05, 0.1) is 6.61 Å². The highest BCUT2D eigenvalue weighted by molar-refractivity contribution is 6.30. The lowest BCUT2D eigenvalue weighted by Crippen LogP contribution is -2.34. The van der Waals surface area contributed by atoms with E-state index in [1.54, 1.807) is 55.6 Å². The Morgan fingerprint density at radius 2 is 1.55 bits per heavy atom. The van der Waals surface area contributed by atoms with Crippen LogP contribution in [0.15, 0.2) is 60.7 Å². The van der Waals surface area contributed by atoms with Crippen molar-refractivity contribution in [1.29, 1.82) is 0 Å². The summed E-state index contributed by atoms with van der Waals surface area (Å²) in [5.74, 6) is 1.21. The predicted octanol–water partition coefficient (Wildman–Crippen LogP) is 6.62. The minimum Gasteiger partial charge on any atom is -0.491 e. The zero-order chi connectivity index (χ0) is 29.9. The number of benzene rings is 3. The average molecular weight is 592 g/mol. The van der Waals surface area contributed by atoms with Crippen LogP contribution in [0.1, 0.15) is 69.0 Å². The summed E-state index contributed by atoms with van der Waals surface area (Å²) in [6, 6.07) is 18.1. The molecule has 2 N–H and O–H groups in total. The van der Waals surface area contributed by atoms with E-state index in [2.05, 4.69) is 41.5 Å². The molecular weight excluding hydrogens is 550 g/mol. The molecule has 0 radical (unpaired) electrons. The maximum Gasteiger partial charge on any atom is 0.255 e. The summed E-state index contributed by atoms with van der Waals surface area (Å²) < 4.78 is 11.0. The first-order chi connectivity index (χ1) is 20.3. The lowest BCUT2D eigenvalue weighted by Gasteiger charge is -2.33. The van der Waals surface area contributed by atoms with Gasteiger partial charge in [-0.05, 0) is 136 Å². The number of carbonyl (C=O) groups is 2. The van der Waals surface area contributed by atoms with Gasteiger partial charge in [-0.3, -0.25) is 9.59 Å². The molecule has 0 aromatic heterocycles. The molecule has 4 rings (SSSR count). The lowest BCUT2D eigenvalue weighted by atomic mass is 9.85. The summed E-state index contributed by atoms with van der Waals surface area (Å²) in [6.45, 7) is 9.36. The monoisotopic (exact) mass is 591 g/mol. The third-order valence-electron chi connectivity index (χ3n) is 7.83. The number of unbranched alkanes of at least 4 members (excludes halogenated alkanes) is 1. The van der Waals surface area contributed by atoms with E-state index in [9.17, 15) is 9.59 Å². The quantitative estimate of drug-likeness (QED) is 0.218. The number of piperidine rings is 1. The number of amides is 2. The molecular formula is C34H42ClN3O4. The van der Waals surface area contributed by atoms with E-state index in [4.69, 9.17) is 21.1 Å². The van der Waals surface area contributed by atoms with Crippen LogP contribution in [-0.2, 0) is 4.74 Å². The van der Waals surface area contributed by atoms with Gasteiger partial charge in [-0.1, -0.05) is 17.7 Å². The fraction of sp³-hybridized carbons (Fsp3) is 0.412. The number of methoxy groups -OCH3 is 1. The second-order valence-corrected chi connectivity index (χ2v) is 11.4. The summed E-state index contributed by atoms with van der Waals surface area (Å²) in [4.78, 5) is 27.5. The predicted molar refractivity (Wildman–Crippen MR) is 169 cm³/mol. The van der Waals surface area contributed by atoms with Crippen LogP contribution in [0.2, 0.25) is 5.02 Å². The van der Waals surface area contributed by atoms with Gasteiger partial charge in [0.2, 0.25) is 0 Å². The van der Waals surface area contributed by atoms with E-state index in [1.807, 2.05) is 0 Å². The summed E-state index contributed by atoms with van der Waals surface area (Å²) >= 11 is 5.88. The standard InChI is InChI=1S/C34H42ClN3O4/c1-24-23-32(42-21-20-41-3)25(2)22-31(24)26-14-18-38(19-15-26)17-5-4-16-36-33(39)27-8-12-30(13-9-27)37-34(40)28-6-10-29(35)11-7-28/h6-13,22-23,26H,4-5,14-21H2,1-3H3,(H,36,39)(H,37,40). The zero-order valence-corrected chi connectivity index (χ0v) is 25.6. The molecule has 0 spiro atoms. The molecule has 1 fully saturated rings. The molecule has 42 heavy (non-hydrogen) atoms. The van der Waals surface area contributed by atoms with E-state index in [1.165, 1.54) is 16.7 Å². The van der Waals surface area contributed by atoms with Gasteiger partial charge in [0, 0.05) is 35.5 Å². The Kier molecular flexibility index (Phi) is 11.8. The molecule has 7 nitrogen and oxygen atoms in total. The van der Waals surface area contributed by atoms with Crippen molar-refractivity contribution in [2.45, 2.75) is 45.4 Å². The molecule has 224 valence electrons. The Labute approximate surface area is 254 Å². The number of likely N-dealkylation sites (tertiary alicyclic amines) is 1. The number of nitrogens with zero attached hydrogens (tertiary/aromatic N) is 1. The van der Waals surface area contributed by atoms with E-state index >= 15 is 0 Å². The number of hydrogen-bond acceptors (Lipinski definition) is 5. The van der Waals surface area contributed by atoms with Crippen LogP contribution in [0.3, 0.4) is 0 Å². The van der Waals surface area contributed by atoms with E-state index < -0.39 is 0 Å². The van der Waals surface area contributed by atoms with E-state index in [-0.39, 0.29) is 11.8 Å². The van der Waals surface area contributed by atoms with Gasteiger partial charge in [-0.15, -0.1) is 0 Å². The number of nitrogens with one attached hydrogen (secondary N) is 2. The van der Waals surface area contributed by atoms with Gasteiger partial charge < -0.3 is 25.0 Å². The molecule has 1 saturated heterocycles. The largest absolute Gasteiger partial charge is 0.491 e. The number of carbonyl (C=O) groups excluding carboxylic acids is 2. The molecule has 1 heterocycles. The maximum atomic E-state index is 12.6. The highest BCUT2D eigenvalue weighted by Gasteiger charge is 2.22. The normalized spacial score (nSPS) is 14.0. The first kappa shape index (κ1) is 31.5. The van der Waals surface area contributed by atoms with Gasteiger partial charge >= 0.3 is 0 Å². The fourth-order valence-corrected chi connectivity index (χ4v) is 5.51. The summed E-state index contributed by atoms with van der Waals surface area (Å²) in [5.41, 5.74) is 5.66. The second kappa shape index (κ2) is 15.7. The Hall–Kier alpha value is -3.39. The van der Waals surface area contributed by atoms with Gasteiger partial charge in [-0.25, -0.2) is 0 Å². The Morgan fingerprint density at radius 1 is 0.881 bits per heavy atom. The molecule has 2 amide bonds. The number of rotatable bonds is 13. The zero-order valence-electron chi connectivity index (χ0n) is 24.9. The maximum absolute atomic E-state index is 12.6. The van der Waals surface area contributed by atoms with Crippen LogP contribution in [0, 0.1) is 13.8 Å². The third-order valence-corrected chi connectivity index (χ3v) is 8.09. The number of ether oxygens (including phenoxy) is 2. The van der Waals surface area contributed by atoms with Crippen molar-refractivity contribution in [2.75, 3.05) is 51.8 Å². The molecule has 0 bridgehead atoms. The van der Waals surface area contributed by atoms with Crippen molar-refractivity contribution in [2.24, 2.45) is 0 Å². The van der Waals surface area contributed by atoms with Crippen molar-refractivity contribution in [3.63, 3.8) is 0 Å². The number of anilines is 1. The summed E-state index contributed by atoms with van der Waals surface area (Å²) in [5, 5.41) is 6.43. The minimum absolute atomic E-state index is 0.104. The van der Waals surface area contributed by atoms with Crippen molar-refractivity contribution >= 4 is 29.1 Å². The smallest absolute Gasteiger partial charge is 0.255 e. The van der Waals surface area contributed by atoms with Gasteiger partial charge in [0.1, 0.15) is 12.4 Å². The number of halogens is 1. The van der Waals surface area contributed by atoms with Gasteiger partial charge in [0.25, 0.3) is 11.8 Å². The second-order valence-electron chi connectivity index (χ2n) is 10.9. The van der Waals surface area contributed by atoms with Crippen molar-refractivity contribution in [1.82, 2.24) is 10.2 Å². The molecule has 3 aromatic carbocycles. The number of hydrogen-bond donors (Lipinski definition) is 2. The van der Waals surface area contributed by atoms with E-state index in [0.29, 0.717) is 47.5 Å². The molecule has 0 unspecified atom stereocenters. The average Bonchev–Trinajstić information content (AvgIpc) is 2.99. The summed E-state index contributed by atoms with van der Waals surface area (Å²) in [6.07, 6.45) is 4.31. The first-order valence-corrected chi connectivity index (χ1v) is 15.1. The highest BCUT2D eigenvalue weighted by atomic mass is 35.5. The highest BCUT2D eigenvalue weighted by Crippen LogP contribution is 2.34. The molecule has 0 aliphatic carbocycles. The van der Waals surface area contributed by atoms with Crippen molar-refractivity contribution in [3.05, 3.63) is 93.5 Å². The molecule has 0 atom stereocenters.